The molecule has 0 aromatic heterocycles. The number of anilines is 2. The monoisotopic (exact) mass is 379 g/mol. The fourth-order valence-corrected chi connectivity index (χ4v) is 3.94. The molecule has 140 valence electrons. The predicted octanol–water partition coefficient (Wildman–Crippen LogP) is 2.91. The van der Waals surface area contributed by atoms with E-state index in [1.807, 2.05) is 0 Å². The molecule has 0 aliphatic rings. The van der Waals surface area contributed by atoms with Crippen molar-refractivity contribution in [1.82, 2.24) is 4.31 Å². The summed E-state index contributed by atoms with van der Waals surface area (Å²) in [4.78, 5) is 12.2. The van der Waals surface area contributed by atoms with Gasteiger partial charge in [0.1, 0.15) is 5.82 Å². The van der Waals surface area contributed by atoms with E-state index in [2.05, 4.69) is 10.6 Å². The first kappa shape index (κ1) is 19.9. The highest BCUT2D eigenvalue weighted by atomic mass is 32.2. The minimum atomic E-state index is -3.60. The number of halogens is 1. The second-order valence-electron chi connectivity index (χ2n) is 5.50. The molecule has 0 spiro atoms. The molecular weight excluding hydrogens is 357 g/mol. The third kappa shape index (κ3) is 4.80. The first-order valence-corrected chi connectivity index (χ1v) is 9.71. The molecule has 0 radical (unpaired) electrons. The molecule has 2 N–H and O–H groups in total. The van der Waals surface area contributed by atoms with Gasteiger partial charge in [0, 0.05) is 18.8 Å². The van der Waals surface area contributed by atoms with Gasteiger partial charge in [0.15, 0.2) is 0 Å². The van der Waals surface area contributed by atoms with E-state index < -0.39 is 21.7 Å². The Morgan fingerprint density at radius 3 is 2.42 bits per heavy atom. The molecule has 0 heterocycles. The molecule has 26 heavy (non-hydrogen) atoms. The smallest absolute Gasteiger partial charge is 0.243 e. The zero-order valence-corrected chi connectivity index (χ0v) is 15.5. The molecule has 0 aliphatic carbocycles. The summed E-state index contributed by atoms with van der Waals surface area (Å²) in [5.41, 5.74) is 0.582. The Kier molecular flexibility index (Phi) is 6.70. The van der Waals surface area contributed by atoms with Crippen LogP contribution in [-0.4, -0.2) is 38.3 Å². The van der Waals surface area contributed by atoms with Gasteiger partial charge in [-0.2, -0.15) is 4.31 Å². The van der Waals surface area contributed by atoms with E-state index in [4.69, 9.17) is 0 Å². The first-order valence-electron chi connectivity index (χ1n) is 8.27. The maximum atomic E-state index is 13.5. The van der Waals surface area contributed by atoms with E-state index in [1.165, 1.54) is 28.6 Å². The third-order valence-corrected chi connectivity index (χ3v) is 5.82. The van der Waals surface area contributed by atoms with Gasteiger partial charge in [0.2, 0.25) is 15.9 Å². The molecule has 8 heteroatoms. The molecule has 0 aliphatic heterocycles. The standard InChI is InChI=1S/C18H22FN3O3S/c1-3-22(4-2)26(24,25)15-9-7-8-14(12-15)21-18(23)13-20-17-11-6-5-10-16(17)19/h5-12,20H,3-4,13H2,1-2H3,(H,21,23). The van der Waals surface area contributed by atoms with Crippen molar-refractivity contribution in [2.45, 2.75) is 18.7 Å². The summed E-state index contributed by atoms with van der Waals surface area (Å²) in [7, 11) is -3.60. The Labute approximate surface area is 153 Å². The number of sulfonamides is 1. The minimum Gasteiger partial charge on any atom is -0.374 e. The first-order chi connectivity index (χ1) is 12.4. The van der Waals surface area contributed by atoms with Gasteiger partial charge in [-0.25, -0.2) is 12.8 Å². The van der Waals surface area contributed by atoms with Crippen LogP contribution in [0.25, 0.3) is 0 Å². The molecule has 2 aromatic rings. The molecule has 2 rings (SSSR count). The van der Waals surface area contributed by atoms with Crippen molar-refractivity contribution in [3.8, 4) is 0 Å². The van der Waals surface area contributed by atoms with Crippen molar-refractivity contribution in [2.75, 3.05) is 30.3 Å². The fourth-order valence-electron chi connectivity index (χ4n) is 2.43. The molecular formula is C18H22FN3O3S. The third-order valence-electron chi connectivity index (χ3n) is 3.77. The maximum Gasteiger partial charge on any atom is 0.243 e. The van der Waals surface area contributed by atoms with Crippen LogP contribution in [0.2, 0.25) is 0 Å². The number of para-hydroxylation sites is 1. The van der Waals surface area contributed by atoms with Crippen LogP contribution in [0.4, 0.5) is 15.8 Å². The van der Waals surface area contributed by atoms with Gasteiger partial charge in [0.05, 0.1) is 17.1 Å². The Bertz CT molecular complexity index is 867. The molecule has 1 amide bonds. The predicted molar refractivity (Wildman–Crippen MR) is 100 cm³/mol. The molecule has 0 saturated heterocycles. The zero-order chi connectivity index (χ0) is 19.2. The van der Waals surface area contributed by atoms with Gasteiger partial charge in [-0.3, -0.25) is 4.79 Å². The summed E-state index contributed by atoms with van der Waals surface area (Å²) in [6.07, 6.45) is 0. The Balaban J connectivity index is 2.06. The van der Waals surface area contributed by atoms with Gasteiger partial charge < -0.3 is 10.6 Å². The van der Waals surface area contributed by atoms with E-state index in [-0.39, 0.29) is 17.1 Å². The van der Waals surface area contributed by atoms with Crippen LogP contribution in [0.1, 0.15) is 13.8 Å². The van der Waals surface area contributed by atoms with Crippen molar-refractivity contribution in [3.63, 3.8) is 0 Å². The van der Waals surface area contributed by atoms with Crippen LogP contribution in [0.5, 0.6) is 0 Å². The lowest BCUT2D eigenvalue weighted by Gasteiger charge is -2.19. The van der Waals surface area contributed by atoms with Crippen molar-refractivity contribution in [2.24, 2.45) is 0 Å². The Morgan fingerprint density at radius 1 is 1.08 bits per heavy atom. The number of rotatable bonds is 8. The molecule has 0 unspecified atom stereocenters. The van der Waals surface area contributed by atoms with Gasteiger partial charge >= 0.3 is 0 Å². The van der Waals surface area contributed by atoms with Crippen LogP contribution in [0.3, 0.4) is 0 Å². The van der Waals surface area contributed by atoms with Gasteiger partial charge in [-0.15, -0.1) is 0 Å². The number of nitrogens with zero attached hydrogens (tertiary/aromatic N) is 1. The van der Waals surface area contributed by atoms with Crippen molar-refractivity contribution < 1.29 is 17.6 Å². The minimum absolute atomic E-state index is 0.112. The molecule has 0 fully saturated rings. The van der Waals surface area contributed by atoms with Gasteiger partial charge in [-0.05, 0) is 30.3 Å². The van der Waals surface area contributed by atoms with E-state index in [0.717, 1.165) is 0 Å². The number of carbonyl (C=O) groups is 1. The highest BCUT2D eigenvalue weighted by molar-refractivity contribution is 7.89. The van der Waals surface area contributed by atoms with Gasteiger partial charge in [-0.1, -0.05) is 32.0 Å². The lowest BCUT2D eigenvalue weighted by atomic mass is 10.3. The van der Waals surface area contributed by atoms with Crippen molar-refractivity contribution in [3.05, 3.63) is 54.3 Å². The summed E-state index contributed by atoms with van der Waals surface area (Å²) in [5, 5.41) is 5.31. The average Bonchev–Trinajstić information content (AvgIpc) is 2.62. The van der Waals surface area contributed by atoms with E-state index in [1.54, 1.807) is 38.1 Å². The number of amides is 1. The fraction of sp³-hybridized carbons (Fsp3) is 0.278. The quantitative estimate of drug-likeness (QED) is 0.739. The molecule has 6 nitrogen and oxygen atoms in total. The van der Waals surface area contributed by atoms with Crippen molar-refractivity contribution in [1.29, 1.82) is 0 Å². The van der Waals surface area contributed by atoms with Crippen LogP contribution in [0.15, 0.2) is 53.4 Å². The van der Waals surface area contributed by atoms with Crippen LogP contribution >= 0.6 is 0 Å². The summed E-state index contributed by atoms with van der Waals surface area (Å²) < 4.78 is 39.9. The Hall–Kier alpha value is -2.45. The van der Waals surface area contributed by atoms with Crippen LogP contribution in [-0.2, 0) is 14.8 Å². The molecule has 0 atom stereocenters. The second-order valence-corrected chi connectivity index (χ2v) is 7.44. The molecule has 0 saturated carbocycles. The molecule has 0 bridgehead atoms. The zero-order valence-electron chi connectivity index (χ0n) is 14.7. The second kappa shape index (κ2) is 8.77. The number of benzene rings is 2. The van der Waals surface area contributed by atoms with E-state index in [9.17, 15) is 17.6 Å². The number of nitrogens with one attached hydrogen (secondary N) is 2. The maximum absolute atomic E-state index is 13.5. The highest BCUT2D eigenvalue weighted by Crippen LogP contribution is 2.19. The average molecular weight is 379 g/mol. The van der Waals surface area contributed by atoms with Crippen LogP contribution in [0, 0.1) is 5.82 Å². The highest BCUT2D eigenvalue weighted by Gasteiger charge is 2.21. The normalized spacial score (nSPS) is 11.4. The lowest BCUT2D eigenvalue weighted by Crippen LogP contribution is -2.30. The number of carbonyl (C=O) groups excluding carboxylic acids is 1. The van der Waals surface area contributed by atoms with E-state index >= 15 is 0 Å². The SMILES string of the molecule is CCN(CC)S(=O)(=O)c1cccc(NC(=O)CNc2ccccc2F)c1. The van der Waals surface area contributed by atoms with Gasteiger partial charge in [0.25, 0.3) is 0 Å². The van der Waals surface area contributed by atoms with Crippen molar-refractivity contribution >= 4 is 27.3 Å². The van der Waals surface area contributed by atoms with Crippen LogP contribution < -0.4 is 10.6 Å². The summed E-state index contributed by atoms with van der Waals surface area (Å²) in [6.45, 7) is 4.11. The lowest BCUT2D eigenvalue weighted by molar-refractivity contribution is -0.114. The van der Waals surface area contributed by atoms with E-state index in [0.29, 0.717) is 18.8 Å². The topological polar surface area (TPSA) is 78.5 Å². The summed E-state index contributed by atoms with van der Waals surface area (Å²) in [5.74, 6) is -0.863. The number of hydrogen-bond acceptors (Lipinski definition) is 4. The molecule has 2 aromatic carbocycles. The largest absolute Gasteiger partial charge is 0.374 e. The number of hydrogen-bond donors (Lipinski definition) is 2. The Morgan fingerprint density at radius 2 is 1.77 bits per heavy atom. The summed E-state index contributed by atoms with van der Waals surface area (Å²) >= 11 is 0. The summed E-state index contributed by atoms with van der Waals surface area (Å²) in [6, 6.07) is 12.1.